The first-order valence-electron chi connectivity index (χ1n) is 3.23. The maximum absolute atomic E-state index is 10.7. The highest BCUT2D eigenvalue weighted by Crippen LogP contribution is 2.11. The van der Waals surface area contributed by atoms with E-state index in [-0.39, 0.29) is 25.3 Å². The van der Waals surface area contributed by atoms with Crippen LogP contribution in [0.2, 0.25) is 0 Å². The van der Waals surface area contributed by atoms with E-state index in [1.165, 1.54) is 0 Å². The van der Waals surface area contributed by atoms with Crippen molar-refractivity contribution in [2.24, 2.45) is 0 Å². The highest BCUT2D eigenvalue weighted by atomic mass is 16.6. The van der Waals surface area contributed by atoms with Gasteiger partial charge in [0.1, 0.15) is 6.61 Å². The molecule has 1 rings (SSSR count). The molecule has 0 aromatic carbocycles. The highest BCUT2D eigenvalue weighted by Gasteiger charge is 2.27. The van der Waals surface area contributed by atoms with Crippen LogP contribution in [0.15, 0.2) is 0 Å². The van der Waals surface area contributed by atoms with Crippen molar-refractivity contribution in [3.63, 3.8) is 0 Å². The summed E-state index contributed by atoms with van der Waals surface area (Å²) in [6.45, 7) is 0.579. The minimum absolute atomic E-state index is 0.0681. The van der Waals surface area contributed by atoms with E-state index in [1.54, 1.807) is 0 Å². The second-order valence-corrected chi connectivity index (χ2v) is 2.04. The minimum Gasteiger partial charge on any atom is -0.461 e. The molecule has 1 aliphatic rings. The van der Waals surface area contributed by atoms with E-state index >= 15 is 0 Å². The van der Waals surface area contributed by atoms with Gasteiger partial charge in [0, 0.05) is 6.42 Å². The first-order valence-corrected chi connectivity index (χ1v) is 3.23. The summed E-state index contributed by atoms with van der Waals surface area (Å²) in [5.74, 6) is -0.361. The number of ether oxygens (including phenoxy) is 2. The molecule has 1 aliphatic heterocycles. The number of hydrogen-bond donors (Lipinski definition) is 1. The zero-order valence-corrected chi connectivity index (χ0v) is 5.58. The van der Waals surface area contributed by atoms with Crippen molar-refractivity contribution in [1.82, 2.24) is 0 Å². The Balaban J connectivity index is 2.08. The SMILES string of the molecule is O=C(OCCO)C1CCO1. The number of aliphatic hydroxyl groups is 1. The van der Waals surface area contributed by atoms with Gasteiger partial charge >= 0.3 is 5.97 Å². The lowest BCUT2D eigenvalue weighted by molar-refractivity contribution is -0.170. The molecule has 0 aliphatic carbocycles. The van der Waals surface area contributed by atoms with Crippen molar-refractivity contribution >= 4 is 5.97 Å². The fourth-order valence-corrected chi connectivity index (χ4v) is 0.661. The van der Waals surface area contributed by atoms with E-state index in [2.05, 4.69) is 4.74 Å². The van der Waals surface area contributed by atoms with Gasteiger partial charge in [-0.25, -0.2) is 4.79 Å². The molecular weight excluding hydrogens is 136 g/mol. The van der Waals surface area contributed by atoms with Crippen LogP contribution in [0.1, 0.15) is 6.42 Å². The molecule has 1 heterocycles. The lowest BCUT2D eigenvalue weighted by atomic mass is 10.2. The zero-order valence-electron chi connectivity index (χ0n) is 5.58. The Hall–Kier alpha value is -0.610. The van der Waals surface area contributed by atoms with Crippen LogP contribution in [-0.4, -0.2) is 37.0 Å². The van der Waals surface area contributed by atoms with Crippen molar-refractivity contribution in [3.8, 4) is 0 Å². The molecular formula is C6H10O4. The fraction of sp³-hybridized carbons (Fsp3) is 0.833. The van der Waals surface area contributed by atoms with Crippen LogP contribution in [0.5, 0.6) is 0 Å². The van der Waals surface area contributed by atoms with Gasteiger partial charge in [0.25, 0.3) is 0 Å². The van der Waals surface area contributed by atoms with Crippen molar-refractivity contribution < 1.29 is 19.4 Å². The molecule has 0 aromatic heterocycles. The molecule has 1 N–H and O–H groups in total. The van der Waals surface area contributed by atoms with Crippen LogP contribution in [0, 0.1) is 0 Å². The smallest absolute Gasteiger partial charge is 0.335 e. The Labute approximate surface area is 58.7 Å². The van der Waals surface area contributed by atoms with Crippen LogP contribution in [0.4, 0.5) is 0 Å². The summed E-state index contributed by atoms with van der Waals surface area (Å²) in [5.41, 5.74) is 0. The maximum Gasteiger partial charge on any atom is 0.335 e. The molecule has 58 valence electrons. The highest BCUT2D eigenvalue weighted by molar-refractivity contribution is 5.75. The van der Waals surface area contributed by atoms with E-state index in [9.17, 15) is 4.79 Å². The first-order chi connectivity index (χ1) is 4.84. The molecule has 0 bridgehead atoms. The van der Waals surface area contributed by atoms with Crippen molar-refractivity contribution in [1.29, 1.82) is 0 Å². The maximum atomic E-state index is 10.7. The average Bonchev–Trinajstić information content (AvgIpc) is 1.79. The van der Waals surface area contributed by atoms with Crippen LogP contribution in [-0.2, 0) is 14.3 Å². The van der Waals surface area contributed by atoms with Gasteiger partial charge in [-0.3, -0.25) is 0 Å². The molecule has 1 saturated heterocycles. The lowest BCUT2D eigenvalue weighted by Gasteiger charge is -2.23. The summed E-state index contributed by atoms with van der Waals surface area (Å²) in [6.07, 6.45) is 0.371. The van der Waals surface area contributed by atoms with E-state index < -0.39 is 0 Å². The molecule has 0 amide bonds. The van der Waals surface area contributed by atoms with Gasteiger partial charge in [-0.2, -0.15) is 0 Å². The summed E-state index contributed by atoms with van der Waals surface area (Å²) in [6, 6.07) is 0. The third-order valence-electron chi connectivity index (χ3n) is 1.30. The largest absolute Gasteiger partial charge is 0.461 e. The van der Waals surface area contributed by atoms with Gasteiger partial charge in [-0.15, -0.1) is 0 Å². The summed E-state index contributed by atoms with van der Waals surface area (Å²) < 4.78 is 9.41. The molecule has 4 nitrogen and oxygen atoms in total. The molecule has 1 fully saturated rings. The Morgan fingerprint density at radius 2 is 2.50 bits per heavy atom. The topological polar surface area (TPSA) is 55.8 Å². The monoisotopic (exact) mass is 146 g/mol. The average molecular weight is 146 g/mol. The fourth-order valence-electron chi connectivity index (χ4n) is 0.661. The summed E-state index contributed by atoms with van der Waals surface area (Å²) in [7, 11) is 0. The lowest BCUT2D eigenvalue weighted by Crippen LogP contribution is -2.36. The minimum atomic E-state index is -0.369. The molecule has 0 spiro atoms. The standard InChI is InChI=1S/C6H10O4/c7-2-4-10-6(8)5-1-3-9-5/h5,7H,1-4H2. The zero-order chi connectivity index (χ0) is 7.40. The van der Waals surface area contributed by atoms with Crippen molar-refractivity contribution in [2.75, 3.05) is 19.8 Å². The molecule has 0 aromatic rings. The van der Waals surface area contributed by atoms with E-state index in [4.69, 9.17) is 9.84 Å². The Morgan fingerprint density at radius 1 is 1.80 bits per heavy atom. The van der Waals surface area contributed by atoms with E-state index in [0.717, 1.165) is 6.42 Å². The number of aliphatic hydroxyl groups excluding tert-OH is 1. The van der Waals surface area contributed by atoms with Crippen LogP contribution in [0.3, 0.4) is 0 Å². The number of carbonyl (C=O) groups excluding carboxylic acids is 1. The van der Waals surface area contributed by atoms with Crippen molar-refractivity contribution in [3.05, 3.63) is 0 Å². The molecule has 10 heavy (non-hydrogen) atoms. The second-order valence-electron chi connectivity index (χ2n) is 2.04. The Morgan fingerprint density at radius 3 is 2.90 bits per heavy atom. The summed E-state index contributed by atoms with van der Waals surface area (Å²) in [4.78, 5) is 10.7. The Kier molecular flexibility index (Phi) is 2.65. The van der Waals surface area contributed by atoms with Gasteiger partial charge in [-0.1, -0.05) is 0 Å². The predicted molar refractivity (Wildman–Crippen MR) is 32.4 cm³/mol. The second kappa shape index (κ2) is 3.53. The van der Waals surface area contributed by atoms with Crippen LogP contribution < -0.4 is 0 Å². The molecule has 4 heteroatoms. The molecule has 1 atom stereocenters. The number of carbonyl (C=O) groups is 1. The summed E-state index contributed by atoms with van der Waals surface area (Å²) in [5, 5.41) is 8.27. The number of esters is 1. The van der Waals surface area contributed by atoms with Crippen molar-refractivity contribution in [2.45, 2.75) is 12.5 Å². The molecule has 0 radical (unpaired) electrons. The third kappa shape index (κ3) is 1.68. The Bertz CT molecular complexity index is 119. The quantitative estimate of drug-likeness (QED) is 0.535. The van der Waals surface area contributed by atoms with E-state index in [1.807, 2.05) is 0 Å². The van der Waals surface area contributed by atoms with Gasteiger partial charge in [0.05, 0.1) is 13.2 Å². The molecule has 1 unspecified atom stereocenters. The number of hydrogen-bond acceptors (Lipinski definition) is 4. The van der Waals surface area contributed by atoms with Gasteiger partial charge in [0.15, 0.2) is 6.10 Å². The van der Waals surface area contributed by atoms with E-state index in [0.29, 0.717) is 6.61 Å². The summed E-state index contributed by atoms with van der Waals surface area (Å²) >= 11 is 0. The first kappa shape index (κ1) is 7.50. The van der Waals surface area contributed by atoms with Crippen LogP contribution >= 0.6 is 0 Å². The third-order valence-corrected chi connectivity index (χ3v) is 1.30. The van der Waals surface area contributed by atoms with Gasteiger partial charge < -0.3 is 14.6 Å². The van der Waals surface area contributed by atoms with Crippen LogP contribution in [0.25, 0.3) is 0 Å². The number of rotatable bonds is 3. The van der Waals surface area contributed by atoms with Gasteiger partial charge in [0.2, 0.25) is 0 Å². The molecule has 0 saturated carbocycles. The predicted octanol–water partition coefficient (Wildman–Crippen LogP) is -0.689. The van der Waals surface area contributed by atoms with Gasteiger partial charge in [-0.05, 0) is 0 Å². The normalized spacial score (nSPS) is 23.5.